The molecule has 3 nitrogen and oxygen atoms in total. The summed E-state index contributed by atoms with van der Waals surface area (Å²) in [7, 11) is 0. The zero-order chi connectivity index (χ0) is 13.1. The van der Waals surface area contributed by atoms with Crippen molar-refractivity contribution in [3.63, 3.8) is 0 Å². The Morgan fingerprint density at radius 3 is 2.89 bits per heavy atom. The molecule has 18 heavy (non-hydrogen) atoms. The molecule has 0 radical (unpaired) electrons. The summed E-state index contributed by atoms with van der Waals surface area (Å²) in [5.74, 6) is -1.01. The molecule has 0 saturated carbocycles. The number of rotatable bonds is 3. The molecule has 2 aromatic heterocycles. The summed E-state index contributed by atoms with van der Waals surface area (Å²) in [6.07, 6.45) is 1.26. The van der Waals surface area contributed by atoms with E-state index >= 15 is 0 Å². The number of pyridine rings is 1. The number of carbonyl (C=O) groups is 1. The molecule has 0 aromatic carbocycles. The molecule has 1 atom stereocenters. The van der Waals surface area contributed by atoms with E-state index in [1.165, 1.54) is 23.6 Å². The number of carbonyl (C=O) groups excluding carboxylic acids is 1. The van der Waals surface area contributed by atoms with E-state index in [1.807, 2.05) is 13.0 Å². The lowest BCUT2D eigenvalue weighted by Crippen LogP contribution is -2.26. The van der Waals surface area contributed by atoms with Crippen LogP contribution in [-0.2, 0) is 0 Å². The summed E-state index contributed by atoms with van der Waals surface area (Å²) in [5, 5.41) is 2.77. The predicted molar refractivity (Wildman–Crippen MR) is 69.4 cm³/mol. The van der Waals surface area contributed by atoms with Crippen molar-refractivity contribution in [1.82, 2.24) is 10.3 Å². The van der Waals surface area contributed by atoms with E-state index in [9.17, 15) is 9.18 Å². The average molecular weight is 285 g/mol. The number of thiophene rings is 1. The third-order valence-electron chi connectivity index (χ3n) is 2.36. The first-order valence-corrected chi connectivity index (χ1v) is 6.43. The van der Waals surface area contributed by atoms with Crippen molar-refractivity contribution in [2.24, 2.45) is 0 Å². The van der Waals surface area contributed by atoms with Crippen LogP contribution in [0.5, 0.6) is 0 Å². The van der Waals surface area contributed by atoms with E-state index in [1.54, 1.807) is 6.07 Å². The van der Waals surface area contributed by atoms with Gasteiger partial charge < -0.3 is 5.32 Å². The van der Waals surface area contributed by atoms with Crippen LogP contribution in [0.25, 0.3) is 0 Å². The van der Waals surface area contributed by atoms with Crippen LogP contribution in [0.2, 0.25) is 4.34 Å². The predicted octanol–water partition coefficient (Wildman–Crippen LogP) is 3.43. The minimum absolute atomic E-state index is 0.175. The molecule has 1 N–H and O–H groups in total. The number of nitrogens with one attached hydrogen (secondary N) is 1. The standard InChI is InChI=1S/C12H10ClFN2OS/c1-7(9-2-3-10(13)18-9)16-12(17)8-4-5-15-11(14)6-8/h2-7H,1H3,(H,16,17). The van der Waals surface area contributed by atoms with E-state index < -0.39 is 5.95 Å². The highest BCUT2D eigenvalue weighted by Gasteiger charge is 2.13. The lowest BCUT2D eigenvalue weighted by molar-refractivity contribution is 0.0940. The number of amides is 1. The lowest BCUT2D eigenvalue weighted by Gasteiger charge is -2.11. The van der Waals surface area contributed by atoms with Gasteiger partial charge >= 0.3 is 0 Å². The Labute approximate surface area is 113 Å². The van der Waals surface area contributed by atoms with Crippen LogP contribution in [0.3, 0.4) is 0 Å². The monoisotopic (exact) mass is 284 g/mol. The van der Waals surface area contributed by atoms with Gasteiger partial charge in [-0.2, -0.15) is 4.39 Å². The maximum absolute atomic E-state index is 12.9. The maximum Gasteiger partial charge on any atom is 0.251 e. The van der Waals surface area contributed by atoms with Crippen molar-refractivity contribution in [1.29, 1.82) is 0 Å². The van der Waals surface area contributed by atoms with Crippen molar-refractivity contribution in [2.45, 2.75) is 13.0 Å². The topological polar surface area (TPSA) is 42.0 Å². The number of halogens is 2. The fourth-order valence-corrected chi connectivity index (χ4v) is 2.52. The van der Waals surface area contributed by atoms with Gasteiger partial charge in [-0.05, 0) is 25.1 Å². The molecule has 1 amide bonds. The number of aromatic nitrogens is 1. The summed E-state index contributed by atoms with van der Waals surface area (Å²) in [6, 6.07) is 6.02. The van der Waals surface area contributed by atoms with Crippen LogP contribution in [0, 0.1) is 5.95 Å². The maximum atomic E-state index is 12.9. The quantitative estimate of drug-likeness (QED) is 0.878. The molecule has 0 aliphatic carbocycles. The molecule has 0 aliphatic heterocycles. The largest absolute Gasteiger partial charge is 0.345 e. The molecule has 94 valence electrons. The minimum Gasteiger partial charge on any atom is -0.345 e. The van der Waals surface area contributed by atoms with Crippen LogP contribution in [0.4, 0.5) is 4.39 Å². The molecule has 0 aliphatic rings. The Balaban J connectivity index is 2.08. The normalized spacial score (nSPS) is 12.2. The third-order valence-corrected chi connectivity index (χ3v) is 3.77. The third kappa shape index (κ3) is 3.05. The Hall–Kier alpha value is -1.46. The van der Waals surface area contributed by atoms with Gasteiger partial charge in [0.15, 0.2) is 0 Å². The molecule has 0 spiro atoms. The van der Waals surface area contributed by atoms with Gasteiger partial charge in [0.1, 0.15) is 0 Å². The molecule has 2 heterocycles. The van der Waals surface area contributed by atoms with Gasteiger partial charge in [-0.3, -0.25) is 4.79 Å². The first-order chi connectivity index (χ1) is 8.56. The van der Waals surface area contributed by atoms with Gasteiger partial charge in [0.2, 0.25) is 5.95 Å². The van der Waals surface area contributed by atoms with E-state index in [-0.39, 0.29) is 17.5 Å². The Kier molecular flexibility index (Phi) is 3.93. The Bertz CT molecular complexity index is 573. The highest BCUT2D eigenvalue weighted by Crippen LogP contribution is 2.26. The first-order valence-electron chi connectivity index (χ1n) is 5.24. The molecule has 6 heteroatoms. The van der Waals surface area contributed by atoms with E-state index in [0.717, 1.165) is 10.9 Å². The van der Waals surface area contributed by atoms with Gasteiger partial charge in [0.05, 0.1) is 10.4 Å². The molecular formula is C12H10ClFN2OS. The molecule has 0 bridgehead atoms. The summed E-state index contributed by atoms with van der Waals surface area (Å²) >= 11 is 7.23. The second-order valence-electron chi connectivity index (χ2n) is 3.70. The molecule has 2 rings (SSSR count). The summed E-state index contributed by atoms with van der Waals surface area (Å²) < 4.78 is 13.6. The van der Waals surface area contributed by atoms with Crippen LogP contribution in [0.15, 0.2) is 30.5 Å². The molecule has 0 saturated heterocycles. The number of hydrogen-bond acceptors (Lipinski definition) is 3. The Morgan fingerprint density at radius 1 is 1.50 bits per heavy atom. The highest BCUT2D eigenvalue weighted by molar-refractivity contribution is 7.16. The van der Waals surface area contributed by atoms with Crippen LogP contribution in [-0.4, -0.2) is 10.9 Å². The highest BCUT2D eigenvalue weighted by atomic mass is 35.5. The van der Waals surface area contributed by atoms with Gasteiger partial charge in [-0.1, -0.05) is 11.6 Å². The summed E-state index contributed by atoms with van der Waals surface area (Å²) in [5.41, 5.74) is 0.247. The van der Waals surface area contributed by atoms with E-state index in [2.05, 4.69) is 10.3 Å². The SMILES string of the molecule is CC(NC(=O)c1ccnc(F)c1)c1ccc(Cl)s1. The van der Waals surface area contributed by atoms with E-state index in [0.29, 0.717) is 4.34 Å². The number of nitrogens with zero attached hydrogens (tertiary/aromatic N) is 1. The van der Waals surface area contributed by atoms with Gasteiger partial charge in [-0.25, -0.2) is 4.98 Å². The van der Waals surface area contributed by atoms with Crippen molar-refractivity contribution >= 4 is 28.8 Å². The Morgan fingerprint density at radius 2 is 2.28 bits per heavy atom. The van der Waals surface area contributed by atoms with Gasteiger partial charge in [0, 0.05) is 22.7 Å². The second kappa shape index (κ2) is 5.46. The van der Waals surface area contributed by atoms with Crippen molar-refractivity contribution in [3.05, 3.63) is 51.2 Å². The molecule has 1 unspecified atom stereocenters. The van der Waals surface area contributed by atoms with E-state index in [4.69, 9.17) is 11.6 Å². The summed E-state index contributed by atoms with van der Waals surface area (Å²) in [4.78, 5) is 16.2. The average Bonchev–Trinajstić information content (AvgIpc) is 2.76. The fourth-order valence-electron chi connectivity index (χ4n) is 1.46. The lowest BCUT2D eigenvalue weighted by atomic mass is 10.2. The molecule has 2 aromatic rings. The van der Waals surface area contributed by atoms with Crippen LogP contribution >= 0.6 is 22.9 Å². The smallest absolute Gasteiger partial charge is 0.251 e. The zero-order valence-electron chi connectivity index (χ0n) is 9.48. The first kappa shape index (κ1) is 13.0. The number of hydrogen-bond donors (Lipinski definition) is 1. The van der Waals surface area contributed by atoms with Gasteiger partial charge in [0.25, 0.3) is 5.91 Å². The van der Waals surface area contributed by atoms with Crippen LogP contribution < -0.4 is 5.32 Å². The minimum atomic E-state index is -0.672. The van der Waals surface area contributed by atoms with Crippen LogP contribution in [0.1, 0.15) is 28.2 Å². The van der Waals surface area contributed by atoms with Crippen molar-refractivity contribution < 1.29 is 9.18 Å². The molecular weight excluding hydrogens is 275 g/mol. The zero-order valence-corrected chi connectivity index (χ0v) is 11.1. The van der Waals surface area contributed by atoms with Crippen molar-refractivity contribution in [2.75, 3.05) is 0 Å². The van der Waals surface area contributed by atoms with Crippen molar-refractivity contribution in [3.8, 4) is 0 Å². The van der Waals surface area contributed by atoms with Gasteiger partial charge in [-0.15, -0.1) is 11.3 Å². The molecule has 0 fully saturated rings. The summed E-state index contributed by atoms with van der Waals surface area (Å²) in [6.45, 7) is 1.84. The fraction of sp³-hybridized carbons (Fsp3) is 0.167. The second-order valence-corrected chi connectivity index (χ2v) is 5.45.